The Morgan fingerprint density at radius 2 is 2.21 bits per heavy atom. The smallest absolute Gasteiger partial charge is 0.241 e. The minimum atomic E-state index is -3.37. The maximum Gasteiger partial charge on any atom is 0.241 e. The van der Waals surface area contributed by atoms with Gasteiger partial charge in [0.2, 0.25) is 10.0 Å². The Morgan fingerprint density at radius 1 is 1.47 bits per heavy atom. The summed E-state index contributed by atoms with van der Waals surface area (Å²) < 4.78 is 27.0. The second kappa shape index (κ2) is 8.26. The number of thiophene rings is 1. The fraction of sp³-hybridized carbons (Fsp3) is 0.667. The van der Waals surface area contributed by atoms with Crippen LogP contribution in [0.15, 0.2) is 16.3 Å². The van der Waals surface area contributed by atoms with Gasteiger partial charge in [-0.1, -0.05) is 6.92 Å². The predicted molar refractivity (Wildman–Crippen MR) is 84.5 cm³/mol. The zero-order chi connectivity index (χ0) is 14.3. The van der Waals surface area contributed by atoms with Crippen LogP contribution in [0, 0.1) is 0 Å². The van der Waals surface area contributed by atoms with Gasteiger partial charge in [0, 0.05) is 22.8 Å². The summed E-state index contributed by atoms with van der Waals surface area (Å²) in [6, 6.07) is 1.71. The summed E-state index contributed by atoms with van der Waals surface area (Å²) in [7, 11) is -3.37. The van der Waals surface area contributed by atoms with Crippen LogP contribution in [0.1, 0.15) is 25.1 Å². The molecular formula is C12H22N2O2S3. The quantitative estimate of drug-likeness (QED) is 0.732. The van der Waals surface area contributed by atoms with Gasteiger partial charge < -0.3 is 5.32 Å². The molecule has 0 radical (unpaired) electrons. The largest absolute Gasteiger partial charge is 0.312 e. The van der Waals surface area contributed by atoms with Gasteiger partial charge >= 0.3 is 0 Å². The molecule has 0 aliphatic rings. The highest BCUT2D eigenvalue weighted by atomic mass is 32.2. The SMILES string of the molecule is CCNCc1cc(S(=O)(=O)NC(C)CCSC)cs1. The second-order valence-corrected chi connectivity index (χ2v) is 8.03. The lowest BCUT2D eigenvalue weighted by atomic mass is 10.3. The standard InChI is InChI=1S/C12H22N2O2S3/c1-4-13-8-11-7-12(9-18-11)19(15,16)14-10(2)5-6-17-3/h7,9-10,13-14H,4-6,8H2,1-3H3. The van der Waals surface area contributed by atoms with Crippen molar-refractivity contribution in [2.45, 2.75) is 37.8 Å². The van der Waals surface area contributed by atoms with E-state index in [1.54, 1.807) is 23.2 Å². The fourth-order valence-electron chi connectivity index (χ4n) is 1.53. The van der Waals surface area contributed by atoms with Crippen LogP contribution in [0.4, 0.5) is 0 Å². The number of nitrogens with one attached hydrogen (secondary N) is 2. The molecule has 0 saturated carbocycles. The van der Waals surface area contributed by atoms with Crippen molar-refractivity contribution in [1.29, 1.82) is 0 Å². The van der Waals surface area contributed by atoms with Crippen molar-refractivity contribution in [1.82, 2.24) is 10.0 Å². The molecule has 2 N–H and O–H groups in total. The van der Waals surface area contributed by atoms with E-state index in [9.17, 15) is 8.42 Å². The minimum absolute atomic E-state index is 0.0328. The van der Waals surface area contributed by atoms with Crippen molar-refractivity contribution in [2.24, 2.45) is 0 Å². The van der Waals surface area contributed by atoms with E-state index in [0.717, 1.165) is 30.1 Å². The molecular weight excluding hydrogens is 300 g/mol. The van der Waals surface area contributed by atoms with Crippen LogP contribution in [0.25, 0.3) is 0 Å². The first-order chi connectivity index (χ1) is 8.99. The highest BCUT2D eigenvalue weighted by Gasteiger charge is 2.18. The Hall–Kier alpha value is -0.0800. The molecule has 110 valence electrons. The average molecular weight is 323 g/mol. The van der Waals surface area contributed by atoms with Gasteiger partial charge in [0.05, 0.1) is 4.90 Å². The topological polar surface area (TPSA) is 58.2 Å². The van der Waals surface area contributed by atoms with E-state index < -0.39 is 10.0 Å². The normalized spacial score (nSPS) is 13.6. The summed E-state index contributed by atoms with van der Waals surface area (Å²) in [5.74, 6) is 0.957. The Balaban J connectivity index is 2.63. The van der Waals surface area contributed by atoms with Crippen molar-refractivity contribution in [3.8, 4) is 0 Å². The van der Waals surface area contributed by atoms with E-state index in [-0.39, 0.29) is 6.04 Å². The Labute approximate surface area is 124 Å². The molecule has 0 aromatic carbocycles. The molecule has 0 saturated heterocycles. The zero-order valence-corrected chi connectivity index (χ0v) is 14.1. The number of hydrogen-bond acceptors (Lipinski definition) is 5. The molecule has 1 aromatic rings. The molecule has 0 fully saturated rings. The third-order valence-corrected chi connectivity index (χ3v) is 5.90. The average Bonchev–Trinajstić information content (AvgIpc) is 2.83. The third kappa shape index (κ3) is 5.83. The molecule has 1 heterocycles. The molecule has 1 atom stereocenters. The van der Waals surface area contributed by atoms with E-state index in [4.69, 9.17) is 0 Å². The van der Waals surface area contributed by atoms with E-state index >= 15 is 0 Å². The minimum Gasteiger partial charge on any atom is -0.312 e. The molecule has 0 amide bonds. The molecule has 1 unspecified atom stereocenters. The molecule has 0 aliphatic heterocycles. The van der Waals surface area contributed by atoms with Gasteiger partial charge in [-0.15, -0.1) is 11.3 Å². The van der Waals surface area contributed by atoms with Crippen LogP contribution in [0.2, 0.25) is 0 Å². The number of sulfonamides is 1. The molecule has 4 nitrogen and oxygen atoms in total. The number of rotatable bonds is 9. The van der Waals surface area contributed by atoms with Crippen LogP contribution >= 0.6 is 23.1 Å². The zero-order valence-electron chi connectivity index (χ0n) is 11.6. The summed E-state index contributed by atoms with van der Waals surface area (Å²) in [5.41, 5.74) is 0. The molecule has 0 aliphatic carbocycles. The predicted octanol–water partition coefficient (Wildman–Crippen LogP) is 2.28. The Kier molecular flexibility index (Phi) is 7.38. The first kappa shape index (κ1) is 17.0. The van der Waals surface area contributed by atoms with Crippen LogP contribution in [-0.2, 0) is 16.6 Å². The third-order valence-electron chi connectivity index (χ3n) is 2.60. The number of hydrogen-bond donors (Lipinski definition) is 2. The lowest BCUT2D eigenvalue weighted by Crippen LogP contribution is -2.32. The Bertz CT molecular complexity index is 471. The maximum absolute atomic E-state index is 12.2. The van der Waals surface area contributed by atoms with Gasteiger partial charge in [-0.2, -0.15) is 11.8 Å². The van der Waals surface area contributed by atoms with Gasteiger partial charge in [-0.05, 0) is 38.0 Å². The second-order valence-electron chi connectivity index (χ2n) is 4.33. The lowest BCUT2D eigenvalue weighted by molar-refractivity contribution is 0.557. The maximum atomic E-state index is 12.2. The van der Waals surface area contributed by atoms with Gasteiger partial charge in [-0.25, -0.2) is 13.1 Å². The summed E-state index contributed by atoms with van der Waals surface area (Å²) in [6.07, 6.45) is 2.86. The molecule has 0 spiro atoms. The van der Waals surface area contributed by atoms with Crippen molar-refractivity contribution in [2.75, 3.05) is 18.6 Å². The van der Waals surface area contributed by atoms with Crippen molar-refractivity contribution < 1.29 is 8.42 Å². The molecule has 19 heavy (non-hydrogen) atoms. The Morgan fingerprint density at radius 3 is 2.84 bits per heavy atom. The van der Waals surface area contributed by atoms with Gasteiger partial charge in [0.1, 0.15) is 0 Å². The highest BCUT2D eigenvalue weighted by molar-refractivity contribution is 7.98. The van der Waals surface area contributed by atoms with Crippen LogP contribution in [0.5, 0.6) is 0 Å². The summed E-state index contributed by atoms with van der Waals surface area (Å²) in [6.45, 7) is 5.53. The van der Waals surface area contributed by atoms with Crippen LogP contribution in [0.3, 0.4) is 0 Å². The van der Waals surface area contributed by atoms with Crippen molar-refractivity contribution >= 4 is 33.1 Å². The molecule has 1 rings (SSSR count). The van der Waals surface area contributed by atoms with E-state index in [1.807, 2.05) is 20.1 Å². The monoisotopic (exact) mass is 322 g/mol. The summed E-state index contributed by atoms with van der Waals surface area (Å²) >= 11 is 3.20. The van der Waals surface area contributed by atoms with Gasteiger partial charge in [0.15, 0.2) is 0 Å². The first-order valence-corrected chi connectivity index (χ1v) is 10.0. The summed E-state index contributed by atoms with van der Waals surface area (Å²) in [4.78, 5) is 1.42. The van der Waals surface area contributed by atoms with Gasteiger partial charge in [-0.3, -0.25) is 0 Å². The van der Waals surface area contributed by atoms with Crippen LogP contribution in [-0.4, -0.2) is 33.0 Å². The van der Waals surface area contributed by atoms with E-state index in [2.05, 4.69) is 10.0 Å². The van der Waals surface area contributed by atoms with Gasteiger partial charge in [0.25, 0.3) is 0 Å². The highest BCUT2D eigenvalue weighted by Crippen LogP contribution is 2.19. The first-order valence-electron chi connectivity index (χ1n) is 6.29. The van der Waals surface area contributed by atoms with Crippen molar-refractivity contribution in [3.63, 3.8) is 0 Å². The van der Waals surface area contributed by atoms with Crippen LogP contribution < -0.4 is 10.0 Å². The lowest BCUT2D eigenvalue weighted by Gasteiger charge is -2.12. The molecule has 0 bridgehead atoms. The van der Waals surface area contributed by atoms with Crippen molar-refractivity contribution in [3.05, 3.63) is 16.3 Å². The van der Waals surface area contributed by atoms with E-state index in [1.165, 1.54) is 11.3 Å². The number of thioether (sulfide) groups is 1. The fourth-order valence-corrected chi connectivity index (χ4v) is 4.64. The molecule has 7 heteroatoms. The molecule has 1 aromatic heterocycles. The van der Waals surface area contributed by atoms with E-state index in [0.29, 0.717) is 4.90 Å². The summed E-state index contributed by atoms with van der Waals surface area (Å²) in [5, 5.41) is 4.90.